The SMILES string of the molecule is c1ccc2c(c1)oc1nc(-c3ccc(N(c4ccc(-c5cnc6ccncc6c5)cc4)c4ccc(-c5cnc6ccncc6c5)cc4)cc3)ccc12. The summed E-state index contributed by atoms with van der Waals surface area (Å²) in [6.45, 7) is 0. The fourth-order valence-electron chi connectivity index (χ4n) is 6.86. The Kier molecular flexibility index (Phi) is 6.99. The maximum Gasteiger partial charge on any atom is 0.227 e. The predicted molar refractivity (Wildman–Crippen MR) is 209 cm³/mol. The Morgan fingerprint density at radius 3 is 1.56 bits per heavy atom. The number of furan rings is 1. The van der Waals surface area contributed by atoms with E-state index in [2.05, 4.69) is 128 Å². The molecule has 0 saturated heterocycles. The van der Waals surface area contributed by atoms with E-state index in [4.69, 9.17) is 9.40 Å². The standard InChI is InChI=1S/C45H28N6O/c1-2-4-44-39(3-1)40-17-18-43(50-45(40)52-44)31-9-15-38(16-10-31)51(36-11-5-29(6-12-36)32-23-34-25-46-21-19-41(34)48-27-32)37-13-7-30(8-14-37)33-24-35-26-47-22-20-42(35)49-28-33/h1-28H. The summed E-state index contributed by atoms with van der Waals surface area (Å²) in [7, 11) is 0. The third-order valence-corrected chi connectivity index (χ3v) is 9.55. The van der Waals surface area contributed by atoms with Gasteiger partial charge >= 0.3 is 0 Å². The van der Waals surface area contributed by atoms with Gasteiger partial charge in [-0.1, -0.05) is 54.6 Å². The number of pyridine rings is 5. The lowest BCUT2D eigenvalue weighted by Gasteiger charge is -2.26. The van der Waals surface area contributed by atoms with Crippen LogP contribution in [-0.2, 0) is 0 Å². The quantitative estimate of drug-likeness (QED) is 0.174. The lowest BCUT2D eigenvalue weighted by atomic mass is 10.0. The van der Waals surface area contributed by atoms with Crippen LogP contribution in [0.4, 0.5) is 17.1 Å². The van der Waals surface area contributed by atoms with Crippen molar-refractivity contribution in [2.45, 2.75) is 0 Å². The maximum absolute atomic E-state index is 6.08. The molecule has 0 fully saturated rings. The molecule has 52 heavy (non-hydrogen) atoms. The zero-order valence-electron chi connectivity index (χ0n) is 27.8. The van der Waals surface area contributed by atoms with E-state index in [9.17, 15) is 0 Å². The first kappa shape index (κ1) is 29.6. The zero-order chi connectivity index (χ0) is 34.4. The highest BCUT2D eigenvalue weighted by molar-refractivity contribution is 6.04. The number of para-hydroxylation sites is 1. The van der Waals surface area contributed by atoms with E-state index in [1.807, 2.05) is 55.1 Å². The van der Waals surface area contributed by atoms with Gasteiger partial charge in [-0.3, -0.25) is 19.9 Å². The molecule has 244 valence electrons. The maximum atomic E-state index is 6.08. The van der Waals surface area contributed by atoms with Crippen LogP contribution < -0.4 is 4.90 Å². The number of aromatic nitrogens is 5. The lowest BCUT2D eigenvalue weighted by molar-refractivity contribution is 0.654. The molecule has 4 aromatic carbocycles. The summed E-state index contributed by atoms with van der Waals surface area (Å²) in [4.78, 5) is 25.0. The van der Waals surface area contributed by atoms with Gasteiger partial charge in [-0.2, -0.15) is 0 Å². The van der Waals surface area contributed by atoms with Crippen molar-refractivity contribution in [3.05, 3.63) is 171 Å². The van der Waals surface area contributed by atoms with Crippen molar-refractivity contribution in [1.29, 1.82) is 0 Å². The largest absolute Gasteiger partial charge is 0.438 e. The summed E-state index contributed by atoms with van der Waals surface area (Å²) in [6, 6.07) is 46.0. The summed E-state index contributed by atoms with van der Waals surface area (Å²) >= 11 is 0. The van der Waals surface area contributed by atoms with Gasteiger partial charge in [0, 0.05) is 92.5 Å². The lowest BCUT2D eigenvalue weighted by Crippen LogP contribution is -2.09. The van der Waals surface area contributed by atoms with Gasteiger partial charge < -0.3 is 9.32 Å². The molecule has 10 aromatic rings. The molecule has 0 aliphatic carbocycles. The van der Waals surface area contributed by atoms with Crippen LogP contribution in [0.1, 0.15) is 0 Å². The van der Waals surface area contributed by atoms with E-state index < -0.39 is 0 Å². The molecule has 0 saturated carbocycles. The first-order valence-electron chi connectivity index (χ1n) is 17.0. The average molecular weight is 669 g/mol. The van der Waals surface area contributed by atoms with Gasteiger partial charge in [-0.25, -0.2) is 4.98 Å². The number of nitrogens with zero attached hydrogens (tertiary/aromatic N) is 6. The molecule has 7 heteroatoms. The molecule has 10 rings (SSSR count). The molecule has 0 atom stereocenters. The smallest absolute Gasteiger partial charge is 0.227 e. The number of hydrogen-bond donors (Lipinski definition) is 0. The molecule has 0 spiro atoms. The van der Waals surface area contributed by atoms with Gasteiger partial charge in [0.1, 0.15) is 5.58 Å². The molecule has 7 nitrogen and oxygen atoms in total. The third-order valence-electron chi connectivity index (χ3n) is 9.55. The van der Waals surface area contributed by atoms with Crippen molar-refractivity contribution in [3.8, 4) is 33.5 Å². The first-order chi connectivity index (χ1) is 25.7. The average Bonchev–Trinajstić information content (AvgIpc) is 3.59. The van der Waals surface area contributed by atoms with Gasteiger partial charge in [-0.15, -0.1) is 0 Å². The Bertz CT molecular complexity index is 2780. The monoisotopic (exact) mass is 668 g/mol. The number of anilines is 3. The molecular formula is C45H28N6O. The van der Waals surface area contributed by atoms with Crippen LogP contribution in [0.3, 0.4) is 0 Å². The third kappa shape index (κ3) is 5.28. The van der Waals surface area contributed by atoms with Gasteiger partial charge in [0.2, 0.25) is 5.71 Å². The Balaban J connectivity index is 1.02. The summed E-state index contributed by atoms with van der Waals surface area (Å²) in [5.74, 6) is 0. The second-order valence-electron chi connectivity index (χ2n) is 12.7. The second-order valence-corrected chi connectivity index (χ2v) is 12.7. The molecule has 0 radical (unpaired) electrons. The minimum Gasteiger partial charge on any atom is -0.438 e. The fraction of sp³-hybridized carbons (Fsp3) is 0. The van der Waals surface area contributed by atoms with E-state index in [0.29, 0.717) is 5.71 Å². The number of hydrogen-bond acceptors (Lipinski definition) is 7. The summed E-state index contributed by atoms with van der Waals surface area (Å²) < 4.78 is 6.08. The van der Waals surface area contributed by atoms with Crippen LogP contribution in [0.5, 0.6) is 0 Å². The highest BCUT2D eigenvalue weighted by Gasteiger charge is 2.15. The van der Waals surface area contributed by atoms with Crippen molar-refractivity contribution in [1.82, 2.24) is 24.9 Å². The van der Waals surface area contributed by atoms with E-state index in [-0.39, 0.29) is 0 Å². The van der Waals surface area contributed by atoms with Crippen LogP contribution >= 0.6 is 0 Å². The zero-order valence-corrected chi connectivity index (χ0v) is 27.8. The summed E-state index contributed by atoms with van der Waals surface area (Å²) in [5.41, 5.74) is 12.5. The Morgan fingerprint density at radius 2 is 0.981 bits per heavy atom. The predicted octanol–water partition coefficient (Wildman–Crippen LogP) is 11.3. The molecule has 6 aromatic heterocycles. The highest BCUT2D eigenvalue weighted by Crippen LogP contribution is 2.38. The molecule has 0 N–H and O–H groups in total. The topological polar surface area (TPSA) is 80.8 Å². The van der Waals surface area contributed by atoms with Crippen molar-refractivity contribution < 1.29 is 4.42 Å². The van der Waals surface area contributed by atoms with Crippen molar-refractivity contribution >= 4 is 60.9 Å². The van der Waals surface area contributed by atoms with Gasteiger partial charge in [0.15, 0.2) is 0 Å². The summed E-state index contributed by atoms with van der Waals surface area (Å²) in [6.07, 6.45) is 11.1. The van der Waals surface area contributed by atoms with Crippen LogP contribution in [0.25, 0.3) is 77.4 Å². The van der Waals surface area contributed by atoms with E-state index >= 15 is 0 Å². The molecule has 6 heterocycles. The van der Waals surface area contributed by atoms with E-state index in [1.165, 1.54) is 0 Å². The number of fused-ring (bicyclic) bond motifs is 5. The Hall–Kier alpha value is -7.25. The molecule has 0 unspecified atom stereocenters. The van der Waals surface area contributed by atoms with Crippen LogP contribution in [0, 0.1) is 0 Å². The molecule has 0 bridgehead atoms. The number of rotatable bonds is 6. The van der Waals surface area contributed by atoms with E-state index in [1.54, 1.807) is 12.4 Å². The van der Waals surface area contributed by atoms with Crippen LogP contribution in [0.15, 0.2) is 175 Å². The molecule has 0 aliphatic rings. The Labute approximate surface area is 298 Å². The van der Waals surface area contributed by atoms with Crippen LogP contribution in [-0.4, -0.2) is 24.9 Å². The minimum absolute atomic E-state index is 0.639. The van der Waals surface area contributed by atoms with Crippen LogP contribution in [0.2, 0.25) is 0 Å². The van der Waals surface area contributed by atoms with Gasteiger partial charge in [-0.05, 0) is 90.0 Å². The number of benzene rings is 4. The van der Waals surface area contributed by atoms with Crippen molar-refractivity contribution in [3.63, 3.8) is 0 Å². The second kappa shape index (κ2) is 12.3. The van der Waals surface area contributed by atoms with E-state index in [0.717, 1.165) is 88.7 Å². The molecular weight excluding hydrogens is 641 g/mol. The highest BCUT2D eigenvalue weighted by atomic mass is 16.3. The van der Waals surface area contributed by atoms with Gasteiger partial charge in [0.25, 0.3) is 0 Å². The molecule has 0 amide bonds. The minimum atomic E-state index is 0.639. The molecule has 0 aliphatic heterocycles. The van der Waals surface area contributed by atoms with Crippen molar-refractivity contribution in [2.75, 3.05) is 4.90 Å². The first-order valence-corrected chi connectivity index (χ1v) is 17.0. The van der Waals surface area contributed by atoms with Crippen molar-refractivity contribution in [2.24, 2.45) is 0 Å². The van der Waals surface area contributed by atoms with Gasteiger partial charge in [0.05, 0.1) is 16.7 Å². The summed E-state index contributed by atoms with van der Waals surface area (Å²) in [5, 5.41) is 4.11. The fourth-order valence-corrected chi connectivity index (χ4v) is 6.86. The normalized spacial score (nSPS) is 11.5. The Morgan fingerprint density at radius 1 is 0.442 bits per heavy atom.